The van der Waals surface area contributed by atoms with Crippen molar-refractivity contribution in [1.29, 1.82) is 0 Å². The van der Waals surface area contributed by atoms with Crippen molar-refractivity contribution in [2.75, 3.05) is 7.11 Å². The highest BCUT2D eigenvalue weighted by atomic mass is 16.5. The average molecular weight is 481 g/mol. The number of nitrogens with zero attached hydrogens (tertiary/aromatic N) is 1. The number of methoxy groups -OCH3 is 1. The molecule has 0 spiro atoms. The summed E-state index contributed by atoms with van der Waals surface area (Å²) in [6, 6.07) is 8.57. The number of ether oxygens (including phenoxy) is 3. The number of hydrogen-bond acceptors (Lipinski definition) is 3. The van der Waals surface area contributed by atoms with Gasteiger partial charge in [-0.25, -0.2) is 0 Å². The first-order valence-corrected chi connectivity index (χ1v) is 13.2. The Labute approximate surface area is 213 Å². The minimum Gasteiger partial charge on any atom is -0.492 e. The number of allylic oxidation sites excluding steroid dienone is 1. The van der Waals surface area contributed by atoms with Gasteiger partial charge in [0.25, 0.3) is 0 Å². The third-order valence-electron chi connectivity index (χ3n) is 7.14. The minimum atomic E-state index is -0.127. The lowest BCUT2D eigenvalue weighted by Gasteiger charge is -2.42. The number of hydrogen-bond donors (Lipinski definition) is 0. The Bertz CT molecular complexity index is 1040. The first-order chi connectivity index (χ1) is 16.4. The van der Waals surface area contributed by atoms with Gasteiger partial charge in [-0.15, -0.1) is 0 Å². The summed E-state index contributed by atoms with van der Waals surface area (Å²) in [7, 11) is 1.73. The molecule has 0 aliphatic heterocycles. The third-order valence-corrected chi connectivity index (χ3v) is 7.14. The van der Waals surface area contributed by atoms with Crippen LogP contribution in [0.15, 0.2) is 42.2 Å². The molecular formula is C31H46NO3+. The Morgan fingerprint density at radius 1 is 0.829 bits per heavy atom. The zero-order valence-electron chi connectivity index (χ0n) is 23.6. The molecule has 0 saturated heterocycles. The molecule has 1 unspecified atom stereocenters. The fourth-order valence-electron chi connectivity index (χ4n) is 5.49. The topological polar surface area (TPSA) is 31.6 Å². The third kappa shape index (κ3) is 5.68. The van der Waals surface area contributed by atoms with E-state index >= 15 is 0 Å². The second kappa shape index (κ2) is 10.6. The fraction of sp³-hybridized carbons (Fsp3) is 0.581. The Hall–Kier alpha value is -2.49. The summed E-state index contributed by atoms with van der Waals surface area (Å²) < 4.78 is 21.2. The molecule has 1 atom stereocenters. The van der Waals surface area contributed by atoms with Crippen molar-refractivity contribution in [3.05, 3.63) is 53.4 Å². The maximum Gasteiger partial charge on any atom is 0.204 e. The lowest BCUT2D eigenvalue weighted by molar-refractivity contribution is -0.755. The van der Waals surface area contributed by atoms with Crippen molar-refractivity contribution in [2.24, 2.45) is 5.41 Å². The van der Waals surface area contributed by atoms with Gasteiger partial charge in [0, 0.05) is 42.2 Å². The van der Waals surface area contributed by atoms with Crippen LogP contribution in [0.1, 0.15) is 98.6 Å². The fourth-order valence-corrected chi connectivity index (χ4v) is 5.49. The van der Waals surface area contributed by atoms with E-state index in [2.05, 4.69) is 95.8 Å². The standard InChI is InChI=1S/C31H46NO3/c1-21(2)25-19-24(27(33-10)29(35-23(5)6)28(25)34-22(3)4)20-26-30(7,8)15-14-16-31(26,9)32-17-12-11-13-18-32/h11-13,17-23H,14-16H2,1-10H3/q+1/b26-20-. The summed E-state index contributed by atoms with van der Waals surface area (Å²) in [6.07, 6.45) is 10.2. The van der Waals surface area contributed by atoms with Gasteiger partial charge in [0.05, 0.1) is 19.3 Å². The SMILES string of the molecule is COc1c(/C=C2/C(C)(C)CCCC2(C)[n+]2ccccc2)cc(C(C)C)c(OC(C)C)c1OC(C)C. The summed E-state index contributed by atoms with van der Waals surface area (Å²) in [4.78, 5) is 0. The maximum absolute atomic E-state index is 6.39. The molecule has 192 valence electrons. The molecular weight excluding hydrogens is 434 g/mol. The molecule has 1 aromatic heterocycles. The molecule has 1 fully saturated rings. The summed E-state index contributed by atoms with van der Waals surface area (Å²) in [5.74, 6) is 2.52. The van der Waals surface area contributed by atoms with E-state index in [0.29, 0.717) is 5.75 Å². The smallest absolute Gasteiger partial charge is 0.204 e. The van der Waals surface area contributed by atoms with Gasteiger partial charge in [-0.05, 0) is 64.0 Å². The average Bonchev–Trinajstić information content (AvgIpc) is 2.77. The molecule has 0 radical (unpaired) electrons. The lowest BCUT2D eigenvalue weighted by Crippen LogP contribution is -2.58. The Balaban J connectivity index is 2.34. The normalized spacial score (nSPS) is 21.1. The van der Waals surface area contributed by atoms with Crippen LogP contribution in [0.4, 0.5) is 0 Å². The molecule has 4 heteroatoms. The second-order valence-electron chi connectivity index (χ2n) is 11.6. The Kier molecular flexibility index (Phi) is 8.24. The van der Waals surface area contributed by atoms with Gasteiger partial charge in [-0.2, -0.15) is 4.57 Å². The van der Waals surface area contributed by atoms with Gasteiger partial charge in [-0.1, -0.05) is 33.8 Å². The van der Waals surface area contributed by atoms with Crippen molar-refractivity contribution in [3.63, 3.8) is 0 Å². The van der Waals surface area contributed by atoms with E-state index in [1.807, 2.05) is 13.8 Å². The first-order valence-electron chi connectivity index (χ1n) is 13.2. The number of benzene rings is 1. The van der Waals surface area contributed by atoms with Crippen LogP contribution in [0.25, 0.3) is 6.08 Å². The van der Waals surface area contributed by atoms with Gasteiger partial charge in [0.2, 0.25) is 5.75 Å². The highest BCUT2D eigenvalue weighted by molar-refractivity contribution is 5.71. The Morgan fingerprint density at radius 2 is 1.43 bits per heavy atom. The van der Waals surface area contributed by atoms with Crippen LogP contribution < -0.4 is 18.8 Å². The van der Waals surface area contributed by atoms with E-state index < -0.39 is 0 Å². The van der Waals surface area contributed by atoms with E-state index in [4.69, 9.17) is 14.2 Å². The molecule has 1 saturated carbocycles. The second-order valence-corrected chi connectivity index (χ2v) is 11.6. The van der Waals surface area contributed by atoms with Gasteiger partial charge < -0.3 is 14.2 Å². The van der Waals surface area contributed by atoms with Crippen LogP contribution in [-0.4, -0.2) is 19.3 Å². The predicted molar refractivity (Wildman–Crippen MR) is 145 cm³/mol. The van der Waals surface area contributed by atoms with Crippen LogP contribution in [0, 0.1) is 5.41 Å². The number of aromatic nitrogens is 1. The first kappa shape index (κ1) is 27.1. The van der Waals surface area contributed by atoms with Crippen LogP contribution in [0.2, 0.25) is 0 Å². The molecule has 0 bridgehead atoms. The van der Waals surface area contributed by atoms with E-state index in [-0.39, 0.29) is 29.1 Å². The van der Waals surface area contributed by atoms with Gasteiger partial charge in [-0.3, -0.25) is 0 Å². The van der Waals surface area contributed by atoms with Crippen LogP contribution in [-0.2, 0) is 5.54 Å². The van der Waals surface area contributed by atoms with Crippen LogP contribution >= 0.6 is 0 Å². The monoisotopic (exact) mass is 480 g/mol. The minimum absolute atomic E-state index is 0.00223. The van der Waals surface area contributed by atoms with Crippen molar-refractivity contribution in [2.45, 2.75) is 105 Å². The van der Waals surface area contributed by atoms with E-state index in [9.17, 15) is 0 Å². The molecule has 1 aliphatic rings. The summed E-state index contributed by atoms with van der Waals surface area (Å²) in [6.45, 7) is 19.7. The molecule has 0 N–H and O–H groups in total. The van der Waals surface area contributed by atoms with Crippen molar-refractivity contribution in [1.82, 2.24) is 0 Å². The maximum atomic E-state index is 6.39. The molecule has 1 aliphatic carbocycles. The summed E-state index contributed by atoms with van der Waals surface area (Å²) in [5.41, 5.74) is 3.53. The van der Waals surface area contributed by atoms with Crippen molar-refractivity contribution in [3.8, 4) is 17.2 Å². The molecule has 35 heavy (non-hydrogen) atoms. The van der Waals surface area contributed by atoms with Crippen molar-refractivity contribution < 1.29 is 18.8 Å². The van der Waals surface area contributed by atoms with E-state index in [1.54, 1.807) is 7.11 Å². The molecule has 4 nitrogen and oxygen atoms in total. The predicted octanol–water partition coefficient (Wildman–Crippen LogP) is 7.69. The van der Waals surface area contributed by atoms with Crippen LogP contribution in [0.5, 0.6) is 17.2 Å². The highest BCUT2D eigenvalue weighted by Crippen LogP contribution is 2.51. The molecule has 1 aromatic carbocycles. The van der Waals surface area contributed by atoms with E-state index in [1.165, 1.54) is 12.0 Å². The van der Waals surface area contributed by atoms with Gasteiger partial charge >= 0.3 is 0 Å². The van der Waals surface area contributed by atoms with Gasteiger partial charge in [0.1, 0.15) is 0 Å². The Morgan fingerprint density at radius 3 is 1.97 bits per heavy atom. The van der Waals surface area contributed by atoms with E-state index in [0.717, 1.165) is 35.5 Å². The zero-order chi connectivity index (χ0) is 26.0. The summed E-state index contributed by atoms with van der Waals surface area (Å²) >= 11 is 0. The quantitative estimate of drug-likeness (QED) is 0.363. The lowest BCUT2D eigenvalue weighted by atomic mass is 9.64. The summed E-state index contributed by atoms with van der Waals surface area (Å²) in [5, 5.41) is 0. The van der Waals surface area contributed by atoms with Gasteiger partial charge in [0.15, 0.2) is 29.4 Å². The largest absolute Gasteiger partial charge is 0.492 e. The highest BCUT2D eigenvalue weighted by Gasteiger charge is 2.48. The molecule has 2 aromatic rings. The molecule has 1 heterocycles. The van der Waals surface area contributed by atoms with Crippen LogP contribution in [0.3, 0.4) is 0 Å². The number of pyridine rings is 1. The number of rotatable bonds is 8. The zero-order valence-corrected chi connectivity index (χ0v) is 23.6. The molecule has 0 amide bonds. The molecule has 3 rings (SSSR count). The van der Waals surface area contributed by atoms with Crippen molar-refractivity contribution >= 4 is 6.08 Å².